The minimum atomic E-state index is -0.252. The van der Waals surface area contributed by atoms with Gasteiger partial charge in [0.25, 0.3) is 0 Å². The molecule has 0 aliphatic rings. The van der Waals surface area contributed by atoms with Crippen molar-refractivity contribution in [1.29, 1.82) is 0 Å². The second-order valence-corrected chi connectivity index (χ2v) is 6.62. The first-order valence-electron chi connectivity index (χ1n) is 9.06. The van der Waals surface area contributed by atoms with E-state index in [0.717, 1.165) is 22.6 Å². The molecule has 0 unspecified atom stereocenters. The number of thiocarbonyl (C=S) groups is 1. The van der Waals surface area contributed by atoms with Gasteiger partial charge in [-0.05, 0) is 72.7 Å². The SMILES string of the molecule is CCOc1ccc(NC(=S)N(Cc2ccc(F)cc2)Cc2cccnc2)cc1. The van der Waals surface area contributed by atoms with Crippen molar-refractivity contribution in [1.82, 2.24) is 9.88 Å². The minimum Gasteiger partial charge on any atom is -0.494 e. The van der Waals surface area contributed by atoms with E-state index < -0.39 is 0 Å². The number of benzene rings is 2. The van der Waals surface area contributed by atoms with Crippen molar-refractivity contribution in [2.75, 3.05) is 11.9 Å². The number of hydrogen-bond acceptors (Lipinski definition) is 3. The Morgan fingerprint density at radius 2 is 1.75 bits per heavy atom. The van der Waals surface area contributed by atoms with Gasteiger partial charge in [0.15, 0.2) is 5.11 Å². The Morgan fingerprint density at radius 1 is 1.04 bits per heavy atom. The molecule has 4 nitrogen and oxygen atoms in total. The van der Waals surface area contributed by atoms with Crippen LogP contribution in [0.15, 0.2) is 73.1 Å². The quantitative estimate of drug-likeness (QED) is 0.569. The van der Waals surface area contributed by atoms with Crippen molar-refractivity contribution in [3.8, 4) is 5.75 Å². The molecule has 0 aliphatic carbocycles. The van der Waals surface area contributed by atoms with E-state index in [1.54, 1.807) is 18.3 Å². The molecule has 0 fully saturated rings. The lowest BCUT2D eigenvalue weighted by Crippen LogP contribution is -2.33. The second kappa shape index (κ2) is 9.80. The van der Waals surface area contributed by atoms with Gasteiger partial charge >= 0.3 is 0 Å². The molecule has 1 heterocycles. The number of nitrogens with one attached hydrogen (secondary N) is 1. The fourth-order valence-electron chi connectivity index (χ4n) is 2.73. The third kappa shape index (κ3) is 5.76. The molecule has 144 valence electrons. The van der Waals surface area contributed by atoms with Gasteiger partial charge in [-0.2, -0.15) is 0 Å². The van der Waals surface area contributed by atoms with Crippen molar-refractivity contribution in [3.05, 3.63) is 90.0 Å². The molecule has 0 spiro atoms. The summed E-state index contributed by atoms with van der Waals surface area (Å²) < 4.78 is 18.7. The summed E-state index contributed by atoms with van der Waals surface area (Å²) in [5.41, 5.74) is 2.89. The predicted octanol–water partition coefficient (Wildman–Crippen LogP) is 5.02. The molecule has 0 saturated carbocycles. The number of anilines is 1. The summed E-state index contributed by atoms with van der Waals surface area (Å²) in [5, 5.41) is 3.85. The van der Waals surface area contributed by atoms with Crippen LogP contribution in [-0.2, 0) is 13.1 Å². The zero-order chi connectivity index (χ0) is 19.8. The normalized spacial score (nSPS) is 10.4. The summed E-state index contributed by atoms with van der Waals surface area (Å²) in [5.74, 6) is 0.565. The Morgan fingerprint density at radius 3 is 2.39 bits per heavy atom. The number of halogens is 1. The van der Waals surface area contributed by atoms with Crippen LogP contribution in [0.5, 0.6) is 5.75 Å². The first-order valence-corrected chi connectivity index (χ1v) is 9.47. The standard InChI is InChI=1S/C22H22FN3OS/c1-2-27-21-11-9-20(10-12-21)25-22(28)26(16-18-4-3-13-24-14-18)15-17-5-7-19(23)8-6-17/h3-14H,2,15-16H2,1H3,(H,25,28). The van der Waals surface area contributed by atoms with Gasteiger partial charge in [0.1, 0.15) is 11.6 Å². The Kier molecular flexibility index (Phi) is 6.92. The molecule has 0 aliphatic heterocycles. The first-order chi connectivity index (χ1) is 13.6. The van der Waals surface area contributed by atoms with Crippen LogP contribution >= 0.6 is 12.2 Å². The molecule has 0 saturated heterocycles. The van der Waals surface area contributed by atoms with Crippen LogP contribution in [-0.4, -0.2) is 21.6 Å². The molecule has 6 heteroatoms. The van der Waals surface area contributed by atoms with Gasteiger partial charge in [-0.3, -0.25) is 4.98 Å². The molecular weight excluding hydrogens is 373 g/mol. The van der Waals surface area contributed by atoms with E-state index in [1.807, 2.05) is 54.4 Å². The average molecular weight is 396 g/mol. The van der Waals surface area contributed by atoms with Crippen molar-refractivity contribution in [3.63, 3.8) is 0 Å². The van der Waals surface area contributed by atoms with Gasteiger partial charge in [-0.15, -0.1) is 0 Å². The van der Waals surface area contributed by atoms with E-state index in [2.05, 4.69) is 10.3 Å². The van der Waals surface area contributed by atoms with Gasteiger partial charge in [-0.1, -0.05) is 18.2 Å². The fraction of sp³-hybridized carbons (Fsp3) is 0.182. The van der Waals surface area contributed by atoms with E-state index in [9.17, 15) is 4.39 Å². The molecule has 28 heavy (non-hydrogen) atoms. The van der Waals surface area contributed by atoms with Crippen molar-refractivity contribution >= 4 is 23.0 Å². The number of hydrogen-bond donors (Lipinski definition) is 1. The maximum Gasteiger partial charge on any atom is 0.174 e. The molecule has 0 amide bonds. The van der Waals surface area contributed by atoms with Crippen molar-refractivity contribution in [2.24, 2.45) is 0 Å². The van der Waals surface area contributed by atoms with Crippen LogP contribution in [0, 0.1) is 5.82 Å². The van der Waals surface area contributed by atoms with E-state index >= 15 is 0 Å². The van der Waals surface area contributed by atoms with Gasteiger partial charge in [-0.25, -0.2) is 4.39 Å². The Labute approximate surface area is 170 Å². The molecule has 0 bridgehead atoms. The highest BCUT2D eigenvalue weighted by Crippen LogP contribution is 2.18. The van der Waals surface area contributed by atoms with E-state index in [4.69, 9.17) is 17.0 Å². The molecule has 1 aromatic heterocycles. The maximum absolute atomic E-state index is 13.2. The predicted molar refractivity (Wildman–Crippen MR) is 114 cm³/mol. The number of nitrogens with zero attached hydrogens (tertiary/aromatic N) is 2. The zero-order valence-electron chi connectivity index (χ0n) is 15.6. The van der Waals surface area contributed by atoms with Crippen LogP contribution in [0.3, 0.4) is 0 Å². The number of ether oxygens (including phenoxy) is 1. The van der Waals surface area contributed by atoms with Gasteiger partial charge in [0.05, 0.1) is 6.61 Å². The van der Waals surface area contributed by atoms with E-state index in [0.29, 0.717) is 24.8 Å². The summed E-state index contributed by atoms with van der Waals surface area (Å²) in [6, 6.07) is 18.0. The molecule has 0 atom stereocenters. The fourth-order valence-corrected chi connectivity index (χ4v) is 2.97. The Balaban J connectivity index is 1.74. The van der Waals surface area contributed by atoms with Crippen LogP contribution < -0.4 is 10.1 Å². The molecule has 1 N–H and O–H groups in total. The summed E-state index contributed by atoms with van der Waals surface area (Å²) >= 11 is 5.65. The summed E-state index contributed by atoms with van der Waals surface area (Å²) in [6.07, 6.45) is 3.56. The lowest BCUT2D eigenvalue weighted by molar-refractivity contribution is 0.340. The highest BCUT2D eigenvalue weighted by atomic mass is 32.1. The molecule has 3 aromatic rings. The number of rotatable bonds is 7. The lowest BCUT2D eigenvalue weighted by atomic mass is 10.2. The Bertz CT molecular complexity index is 886. The van der Waals surface area contributed by atoms with Crippen LogP contribution in [0.4, 0.5) is 10.1 Å². The van der Waals surface area contributed by atoms with Crippen LogP contribution in [0.1, 0.15) is 18.1 Å². The van der Waals surface area contributed by atoms with Gasteiger partial charge in [0, 0.05) is 31.2 Å². The smallest absolute Gasteiger partial charge is 0.174 e. The molecule has 3 rings (SSSR count). The minimum absolute atomic E-state index is 0.252. The topological polar surface area (TPSA) is 37.4 Å². The second-order valence-electron chi connectivity index (χ2n) is 6.23. The first kappa shape index (κ1) is 19.8. The Hall–Kier alpha value is -2.99. The van der Waals surface area contributed by atoms with Crippen molar-refractivity contribution < 1.29 is 9.13 Å². The number of aromatic nitrogens is 1. The van der Waals surface area contributed by atoms with Crippen LogP contribution in [0.2, 0.25) is 0 Å². The third-order valence-corrected chi connectivity index (χ3v) is 4.45. The lowest BCUT2D eigenvalue weighted by Gasteiger charge is -2.26. The summed E-state index contributed by atoms with van der Waals surface area (Å²) in [4.78, 5) is 6.20. The largest absolute Gasteiger partial charge is 0.494 e. The van der Waals surface area contributed by atoms with Gasteiger partial charge in [0.2, 0.25) is 0 Å². The molecular formula is C22H22FN3OS. The monoisotopic (exact) mass is 395 g/mol. The van der Waals surface area contributed by atoms with E-state index in [-0.39, 0.29) is 5.82 Å². The van der Waals surface area contributed by atoms with Crippen molar-refractivity contribution in [2.45, 2.75) is 20.0 Å². The third-order valence-electron chi connectivity index (χ3n) is 4.09. The average Bonchev–Trinajstić information content (AvgIpc) is 2.71. The summed E-state index contributed by atoms with van der Waals surface area (Å²) in [6.45, 7) is 3.72. The molecule has 2 aromatic carbocycles. The van der Waals surface area contributed by atoms with Crippen LogP contribution in [0.25, 0.3) is 0 Å². The highest BCUT2D eigenvalue weighted by Gasteiger charge is 2.12. The highest BCUT2D eigenvalue weighted by molar-refractivity contribution is 7.80. The van der Waals surface area contributed by atoms with E-state index in [1.165, 1.54) is 12.1 Å². The number of pyridine rings is 1. The summed E-state index contributed by atoms with van der Waals surface area (Å²) in [7, 11) is 0. The van der Waals surface area contributed by atoms with Gasteiger partial charge < -0.3 is 15.0 Å². The molecule has 0 radical (unpaired) electrons. The maximum atomic E-state index is 13.2. The zero-order valence-corrected chi connectivity index (χ0v) is 16.5.